The maximum atomic E-state index is 13.4. The number of piperidine rings is 1. The lowest BCUT2D eigenvalue weighted by Crippen LogP contribution is -2.46. The number of likely N-dealkylation sites (tertiary alicyclic amines) is 1. The van der Waals surface area contributed by atoms with Gasteiger partial charge in [-0.25, -0.2) is 0 Å². The van der Waals surface area contributed by atoms with E-state index in [1.165, 1.54) is 5.56 Å². The zero-order valence-corrected chi connectivity index (χ0v) is 20.2. The summed E-state index contributed by atoms with van der Waals surface area (Å²) in [6.07, 6.45) is 5.81. The minimum Gasteiger partial charge on any atom is -0.466 e. The molecule has 1 aliphatic rings. The van der Waals surface area contributed by atoms with E-state index in [0.29, 0.717) is 38.2 Å². The van der Waals surface area contributed by atoms with Crippen LogP contribution in [0.3, 0.4) is 0 Å². The Morgan fingerprint density at radius 1 is 1.00 bits per heavy atom. The van der Waals surface area contributed by atoms with E-state index < -0.39 is 5.92 Å². The predicted molar refractivity (Wildman–Crippen MR) is 136 cm³/mol. The Kier molecular flexibility index (Phi) is 8.27. The van der Waals surface area contributed by atoms with Gasteiger partial charge in [-0.2, -0.15) is 0 Å². The Labute approximate surface area is 207 Å². The Morgan fingerprint density at radius 2 is 1.77 bits per heavy atom. The van der Waals surface area contributed by atoms with Gasteiger partial charge < -0.3 is 15.4 Å². The number of rotatable bonds is 8. The molecule has 182 valence electrons. The number of nitrogens with two attached hydrogens (primary N) is 1. The topological polar surface area (TPSA) is 85.5 Å². The van der Waals surface area contributed by atoms with E-state index in [4.69, 9.17) is 10.5 Å². The molecule has 0 bridgehead atoms. The van der Waals surface area contributed by atoms with Crippen LogP contribution in [-0.4, -0.2) is 41.5 Å². The van der Waals surface area contributed by atoms with Crippen molar-refractivity contribution in [3.8, 4) is 0 Å². The molecular formula is C29H33N3O3. The molecule has 0 unspecified atom stereocenters. The third-order valence-corrected chi connectivity index (χ3v) is 6.69. The van der Waals surface area contributed by atoms with Crippen LogP contribution in [0.4, 0.5) is 0 Å². The maximum absolute atomic E-state index is 13.4. The van der Waals surface area contributed by atoms with Crippen LogP contribution in [0.15, 0.2) is 73.1 Å². The summed E-state index contributed by atoms with van der Waals surface area (Å²) in [7, 11) is 0. The molecule has 1 aliphatic heterocycles. The molecule has 1 amide bonds. The van der Waals surface area contributed by atoms with Crippen LogP contribution in [-0.2, 0) is 28.9 Å². The monoisotopic (exact) mass is 471 g/mol. The quantitative estimate of drug-likeness (QED) is 0.499. The van der Waals surface area contributed by atoms with Gasteiger partial charge in [-0.05, 0) is 54.5 Å². The fourth-order valence-electron chi connectivity index (χ4n) is 4.83. The van der Waals surface area contributed by atoms with Crippen molar-refractivity contribution in [2.75, 3.05) is 19.7 Å². The molecule has 0 aliphatic carbocycles. The predicted octanol–water partition coefficient (Wildman–Crippen LogP) is 4.13. The molecule has 2 aromatic carbocycles. The normalized spacial score (nSPS) is 17.7. The summed E-state index contributed by atoms with van der Waals surface area (Å²) in [6.45, 7) is 3.46. The average Bonchev–Trinajstić information content (AvgIpc) is 2.92. The van der Waals surface area contributed by atoms with Gasteiger partial charge >= 0.3 is 5.97 Å². The van der Waals surface area contributed by atoms with Crippen molar-refractivity contribution in [3.05, 3.63) is 101 Å². The average molecular weight is 472 g/mol. The van der Waals surface area contributed by atoms with Gasteiger partial charge in [0, 0.05) is 37.9 Å². The highest BCUT2D eigenvalue weighted by molar-refractivity contribution is 5.94. The van der Waals surface area contributed by atoms with Crippen molar-refractivity contribution >= 4 is 11.9 Å². The van der Waals surface area contributed by atoms with Gasteiger partial charge in [0.2, 0.25) is 0 Å². The van der Waals surface area contributed by atoms with Crippen molar-refractivity contribution in [3.63, 3.8) is 0 Å². The Bertz CT molecular complexity index is 1150. The van der Waals surface area contributed by atoms with Crippen LogP contribution in [0.2, 0.25) is 0 Å². The fraction of sp³-hybridized carbons (Fsp3) is 0.345. The molecule has 0 radical (unpaired) electrons. The first-order chi connectivity index (χ1) is 17.1. The number of hydrogen-bond donors (Lipinski definition) is 1. The highest BCUT2D eigenvalue weighted by Crippen LogP contribution is 2.35. The Hall–Kier alpha value is -3.51. The highest BCUT2D eigenvalue weighted by atomic mass is 16.5. The minimum absolute atomic E-state index is 0.0140. The number of esters is 1. The molecule has 0 spiro atoms. The van der Waals surface area contributed by atoms with Gasteiger partial charge in [0.15, 0.2) is 0 Å². The van der Waals surface area contributed by atoms with Gasteiger partial charge in [-0.15, -0.1) is 0 Å². The summed E-state index contributed by atoms with van der Waals surface area (Å²) >= 11 is 0. The van der Waals surface area contributed by atoms with Crippen molar-refractivity contribution < 1.29 is 14.3 Å². The van der Waals surface area contributed by atoms with Crippen LogP contribution < -0.4 is 5.73 Å². The van der Waals surface area contributed by atoms with Gasteiger partial charge in [0.05, 0.1) is 18.1 Å². The van der Waals surface area contributed by atoms with E-state index in [1.807, 2.05) is 48.7 Å². The number of ether oxygens (including phenoxy) is 1. The SMILES string of the molecule is CCOC(=O)[C@H]1CN(C(=O)c2cncc(CCc3ccccc3)c2)CC[C@@H]1c1cccc(CN)c1. The molecule has 1 aromatic heterocycles. The number of carbonyl (C=O) groups is 2. The van der Waals surface area contributed by atoms with Crippen molar-refractivity contribution in [1.29, 1.82) is 0 Å². The van der Waals surface area contributed by atoms with E-state index in [0.717, 1.165) is 29.5 Å². The van der Waals surface area contributed by atoms with Crippen LogP contribution in [0.25, 0.3) is 0 Å². The lowest BCUT2D eigenvalue weighted by molar-refractivity contribution is -0.150. The zero-order valence-electron chi connectivity index (χ0n) is 20.2. The highest BCUT2D eigenvalue weighted by Gasteiger charge is 2.38. The maximum Gasteiger partial charge on any atom is 0.311 e. The molecule has 3 aromatic rings. The van der Waals surface area contributed by atoms with Crippen LogP contribution >= 0.6 is 0 Å². The van der Waals surface area contributed by atoms with Crippen LogP contribution in [0, 0.1) is 5.92 Å². The molecule has 2 atom stereocenters. The second-order valence-electron chi connectivity index (χ2n) is 9.02. The number of carbonyl (C=O) groups excluding carboxylic acids is 2. The molecule has 35 heavy (non-hydrogen) atoms. The Morgan fingerprint density at radius 3 is 2.54 bits per heavy atom. The molecule has 1 saturated heterocycles. The number of hydrogen-bond acceptors (Lipinski definition) is 5. The van der Waals surface area contributed by atoms with E-state index >= 15 is 0 Å². The number of pyridine rings is 1. The van der Waals surface area contributed by atoms with E-state index in [1.54, 1.807) is 18.0 Å². The smallest absolute Gasteiger partial charge is 0.311 e. The first-order valence-electron chi connectivity index (χ1n) is 12.3. The molecule has 4 rings (SSSR count). The number of nitrogens with zero attached hydrogens (tertiary/aromatic N) is 2. The molecular weight excluding hydrogens is 438 g/mol. The Balaban J connectivity index is 1.49. The summed E-state index contributed by atoms with van der Waals surface area (Å²) in [5, 5.41) is 0. The summed E-state index contributed by atoms with van der Waals surface area (Å²) in [5.74, 6) is -0.791. The van der Waals surface area contributed by atoms with E-state index in [2.05, 4.69) is 23.2 Å². The van der Waals surface area contributed by atoms with Crippen molar-refractivity contribution in [2.45, 2.75) is 38.6 Å². The van der Waals surface area contributed by atoms with Crippen molar-refractivity contribution in [2.24, 2.45) is 11.7 Å². The fourth-order valence-corrected chi connectivity index (χ4v) is 4.83. The molecule has 2 heterocycles. The van der Waals surface area contributed by atoms with Crippen LogP contribution in [0.1, 0.15) is 51.9 Å². The molecule has 1 fully saturated rings. The van der Waals surface area contributed by atoms with Gasteiger partial charge in [-0.3, -0.25) is 14.6 Å². The molecule has 6 nitrogen and oxygen atoms in total. The summed E-state index contributed by atoms with van der Waals surface area (Å²) in [6, 6.07) is 20.3. The lowest BCUT2D eigenvalue weighted by atomic mass is 9.79. The minimum atomic E-state index is -0.421. The van der Waals surface area contributed by atoms with Gasteiger partial charge in [-0.1, -0.05) is 54.6 Å². The van der Waals surface area contributed by atoms with E-state index in [-0.39, 0.29) is 17.8 Å². The second-order valence-corrected chi connectivity index (χ2v) is 9.02. The van der Waals surface area contributed by atoms with E-state index in [9.17, 15) is 9.59 Å². The third kappa shape index (κ3) is 6.14. The number of amides is 1. The second kappa shape index (κ2) is 11.8. The van der Waals surface area contributed by atoms with Crippen LogP contribution in [0.5, 0.6) is 0 Å². The van der Waals surface area contributed by atoms with Gasteiger partial charge in [0.1, 0.15) is 0 Å². The first-order valence-corrected chi connectivity index (χ1v) is 12.3. The standard InChI is InChI=1S/C29H33N3O3/c1-2-35-29(34)27-20-32(14-13-26(27)24-10-6-9-22(15-24)17-30)28(33)25-16-23(18-31-19-25)12-11-21-7-4-3-5-8-21/h3-10,15-16,18-19,26-27H,2,11-14,17,20,30H2,1H3/t26-,27+/m1/s1. The third-order valence-electron chi connectivity index (χ3n) is 6.69. The van der Waals surface area contributed by atoms with Gasteiger partial charge in [0.25, 0.3) is 5.91 Å². The number of aromatic nitrogens is 1. The largest absolute Gasteiger partial charge is 0.466 e. The zero-order chi connectivity index (χ0) is 24.6. The summed E-state index contributed by atoms with van der Waals surface area (Å²) in [5.41, 5.74) is 10.8. The first kappa shape index (κ1) is 24.6. The molecule has 2 N–H and O–H groups in total. The van der Waals surface area contributed by atoms with Crippen molar-refractivity contribution in [1.82, 2.24) is 9.88 Å². The summed E-state index contributed by atoms with van der Waals surface area (Å²) < 4.78 is 5.40. The molecule has 6 heteroatoms. The lowest BCUT2D eigenvalue weighted by Gasteiger charge is -2.37. The molecule has 0 saturated carbocycles. The summed E-state index contributed by atoms with van der Waals surface area (Å²) in [4.78, 5) is 32.4. The number of aryl methyl sites for hydroxylation is 2. The number of benzene rings is 2.